The lowest BCUT2D eigenvalue weighted by molar-refractivity contribution is 0.568. The van der Waals surface area contributed by atoms with E-state index in [-0.39, 0.29) is 0 Å². The van der Waals surface area contributed by atoms with Gasteiger partial charge < -0.3 is 9.73 Å². The van der Waals surface area contributed by atoms with Crippen LogP contribution in [0.25, 0.3) is 11.5 Å². The van der Waals surface area contributed by atoms with Gasteiger partial charge in [0.2, 0.25) is 12.3 Å². The van der Waals surface area contributed by atoms with Crippen molar-refractivity contribution in [1.29, 1.82) is 0 Å². The number of rotatable bonds is 4. The Morgan fingerprint density at radius 1 is 1.37 bits per heavy atom. The SMILES string of the molecule is Cc1cc(-c2nnco2)ccc1NCc1cscn1. The quantitative estimate of drug-likeness (QED) is 0.790. The minimum Gasteiger partial charge on any atom is -0.423 e. The first-order valence-corrected chi connectivity index (χ1v) is 6.75. The molecule has 0 bridgehead atoms. The lowest BCUT2D eigenvalue weighted by atomic mass is 10.1. The van der Waals surface area contributed by atoms with E-state index in [9.17, 15) is 0 Å². The van der Waals surface area contributed by atoms with Crippen LogP contribution in [0.2, 0.25) is 0 Å². The lowest BCUT2D eigenvalue weighted by Gasteiger charge is -2.09. The molecule has 5 nitrogen and oxygen atoms in total. The van der Waals surface area contributed by atoms with E-state index in [0.717, 1.165) is 29.1 Å². The maximum atomic E-state index is 5.18. The zero-order chi connectivity index (χ0) is 13.1. The van der Waals surface area contributed by atoms with Gasteiger partial charge in [-0.1, -0.05) is 0 Å². The molecule has 0 spiro atoms. The van der Waals surface area contributed by atoms with E-state index in [1.807, 2.05) is 36.0 Å². The van der Waals surface area contributed by atoms with Crippen molar-refractivity contribution in [3.05, 3.63) is 46.7 Å². The molecule has 3 aromatic rings. The van der Waals surface area contributed by atoms with Crippen LogP contribution in [0.5, 0.6) is 0 Å². The number of benzene rings is 1. The van der Waals surface area contributed by atoms with E-state index < -0.39 is 0 Å². The van der Waals surface area contributed by atoms with Crippen LogP contribution in [0.4, 0.5) is 5.69 Å². The minimum atomic E-state index is 0.536. The molecule has 0 aliphatic carbocycles. The fraction of sp³-hybridized carbons (Fsp3) is 0.154. The Morgan fingerprint density at radius 2 is 2.32 bits per heavy atom. The summed E-state index contributed by atoms with van der Waals surface area (Å²) in [5.74, 6) is 0.536. The van der Waals surface area contributed by atoms with Crippen LogP contribution in [0.15, 0.2) is 39.9 Å². The maximum Gasteiger partial charge on any atom is 0.247 e. The van der Waals surface area contributed by atoms with Crippen LogP contribution in [0.1, 0.15) is 11.3 Å². The molecule has 19 heavy (non-hydrogen) atoms. The number of nitrogens with one attached hydrogen (secondary N) is 1. The molecule has 1 aromatic carbocycles. The summed E-state index contributed by atoms with van der Waals surface area (Å²) in [4.78, 5) is 4.24. The fourth-order valence-corrected chi connectivity index (χ4v) is 2.36. The van der Waals surface area contributed by atoms with E-state index >= 15 is 0 Å². The summed E-state index contributed by atoms with van der Waals surface area (Å²) in [6, 6.07) is 6.00. The van der Waals surface area contributed by atoms with Crippen molar-refractivity contribution in [3.8, 4) is 11.5 Å². The van der Waals surface area contributed by atoms with E-state index in [0.29, 0.717) is 5.89 Å². The molecule has 0 aliphatic heterocycles. The second-order valence-corrected chi connectivity index (χ2v) is 4.83. The van der Waals surface area contributed by atoms with Crippen LogP contribution in [-0.2, 0) is 6.54 Å². The van der Waals surface area contributed by atoms with Gasteiger partial charge in [-0.3, -0.25) is 0 Å². The van der Waals surface area contributed by atoms with Crippen molar-refractivity contribution in [2.45, 2.75) is 13.5 Å². The Morgan fingerprint density at radius 3 is 3.00 bits per heavy atom. The first-order chi connectivity index (χ1) is 9.33. The third kappa shape index (κ3) is 2.63. The van der Waals surface area contributed by atoms with Gasteiger partial charge in [-0.25, -0.2) is 4.98 Å². The molecule has 6 heteroatoms. The molecule has 0 saturated carbocycles. The summed E-state index contributed by atoms with van der Waals surface area (Å²) in [5, 5.41) is 13.0. The van der Waals surface area contributed by atoms with Gasteiger partial charge in [-0.05, 0) is 30.7 Å². The molecule has 3 rings (SSSR count). The van der Waals surface area contributed by atoms with E-state index in [4.69, 9.17) is 4.42 Å². The zero-order valence-corrected chi connectivity index (χ0v) is 11.1. The second kappa shape index (κ2) is 5.19. The maximum absolute atomic E-state index is 5.18. The molecular weight excluding hydrogens is 260 g/mol. The van der Waals surface area contributed by atoms with E-state index in [1.54, 1.807) is 11.3 Å². The largest absolute Gasteiger partial charge is 0.423 e. The van der Waals surface area contributed by atoms with Crippen LogP contribution >= 0.6 is 11.3 Å². The molecule has 2 heterocycles. The van der Waals surface area contributed by atoms with Gasteiger partial charge in [0.15, 0.2) is 0 Å². The number of hydrogen-bond acceptors (Lipinski definition) is 6. The third-order valence-corrected chi connectivity index (χ3v) is 3.41. The molecule has 0 unspecified atom stereocenters. The van der Waals surface area contributed by atoms with Gasteiger partial charge in [-0.15, -0.1) is 21.5 Å². The number of thiazole rings is 1. The predicted octanol–water partition coefficient (Wildman–Crippen LogP) is 3.11. The van der Waals surface area contributed by atoms with Crippen LogP contribution in [0, 0.1) is 6.92 Å². The Bertz CT molecular complexity index is 649. The molecule has 0 radical (unpaired) electrons. The first kappa shape index (κ1) is 11.9. The molecule has 2 aromatic heterocycles. The Labute approximate surface area is 114 Å². The summed E-state index contributed by atoms with van der Waals surface area (Å²) < 4.78 is 5.18. The molecule has 0 amide bonds. The van der Waals surface area contributed by atoms with Crippen molar-refractivity contribution in [3.63, 3.8) is 0 Å². The van der Waals surface area contributed by atoms with E-state index in [2.05, 4.69) is 20.5 Å². The van der Waals surface area contributed by atoms with E-state index in [1.165, 1.54) is 6.39 Å². The Balaban J connectivity index is 1.76. The van der Waals surface area contributed by atoms with Gasteiger partial charge >= 0.3 is 0 Å². The van der Waals surface area contributed by atoms with Gasteiger partial charge in [0.25, 0.3) is 0 Å². The average Bonchev–Trinajstić information content (AvgIpc) is 3.10. The number of anilines is 1. The predicted molar refractivity (Wildman–Crippen MR) is 73.9 cm³/mol. The minimum absolute atomic E-state index is 0.536. The van der Waals surface area contributed by atoms with Gasteiger partial charge in [-0.2, -0.15) is 0 Å². The molecule has 96 valence electrons. The highest BCUT2D eigenvalue weighted by molar-refractivity contribution is 7.07. The van der Waals surface area contributed by atoms with Crippen molar-refractivity contribution in [2.24, 2.45) is 0 Å². The fourth-order valence-electron chi connectivity index (χ4n) is 1.80. The highest BCUT2D eigenvalue weighted by Gasteiger charge is 2.06. The summed E-state index contributed by atoms with van der Waals surface area (Å²) in [7, 11) is 0. The standard InChI is InChI=1S/C13H12N4OS/c1-9-4-10(13-17-16-7-18-13)2-3-12(9)14-5-11-6-19-8-15-11/h2-4,6-8,14H,5H2,1H3. The molecular formula is C13H12N4OS. The summed E-state index contributed by atoms with van der Waals surface area (Å²) in [6.07, 6.45) is 1.33. The van der Waals surface area contributed by atoms with Crippen LogP contribution < -0.4 is 5.32 Å². The summed E-state index contributed by atoms with van der Waals surface area (Å²) >= 11 is 1.60. The second-order valence-electron chi connectivity index (χ2n) is 4.11. The van der Waals surface area contributed by atoms with Crippen molar-refractivity contribution in [2.75, 3.05) is 5.32 Å². The van der Waals surface area contributed by atoms with Gasteiger partial charge in [0.1, 0.15) is 0 Å². The third-order valence-electron chi connectivity index (χ3n) is 2.78. The lowest BCUT2D eigenvalue weighted by Crippen LogP contribution is -2.01. The van der Waals surface area contributed by atoms with Crippen LogP contribution in [-0.4, -0.2) is 15.2 Å². The van der Waals surface area contributed by atoms with Gasteiger partial charge in [0.05, 0.1) is 17.7 Å². The highest BCUT2D eigenvalue weighted by atomic mass is 32.1. The molecule has 0 aliphatic rings. The Kier molecular flexibility index (Phi) is 3.24. The van der Waals surface area contributed by atoms with Crippen molar-refractivity contribution in [1.82, 2.24) is 15.2 Å². The number of aromatic nitrogens is 3. The highest BCUT2D eigenvalue weighted by Crippen LogP contribution is 2.23. The molecule has 0 atom stereocenters. The van der Waals surface area contributed by atoms with Gasteiger partial charge in [0, 0.05) is 16.6 Å². The van der Waals surface area contributed by atoms with Crippen molar-refractivity contribution < 1.29 is 4.42 Å². The topological polar surface area (TPSA) is 63.8 Å². The summed E-state index contributed by atoms with van der Waals surface area (Å²) in [5.41, 5.74) is 6.02. The first-order valence-electron chi connectivity index (χ1n) is 5.81. The number of hydrogen-bond donors (Lipinski definition) is 1. The number of aryl methyl sites for hydroxylation is 1. The molecule has 1 N–H and O–H groups in total. The Hall–Kier alpha value is -2.21. The summed E-state index contributed by atoms with van der Waals surface area (Å²) in [6.45, 7) is 2.77. The average molecular weight is 272 g/mol. The van der Waals surface area contributed by atoms with Crippen LogP contribution in [0.3, 0.4) is 0 Å². The number of nitrogens with zero attached hydrogens (tertiary/aromatic N) is 3. The monoisotopic (exact) mass is 272 g/mol. The normalized spacial score (nSPS) is 10.6. The van der Waals surface area contributed by atoms with Crippen molar-refractivity contribution >= 4 is 17.0 Å². The molecule has 0 fully saturated rings. The smallest absolute Gasteiger partial charge is 0.247 e. The molecule has 0 saturated heterocycles. The zero-order valence-electron chi connectivity index (χ0n) is 10.3.